The maximum absolute atomic E-state index is 9.79. The van der Waals surface area contributed by atoms with Gasteiger partial charge < -0.3 is 10.2 Å². The van der Waals surface area contributed by atoms with Gasteiger partial charge in [-0.2, -0.15) is 0 Å². The summed E-state index contributed by atoms with van der Waals surface area (Å²) in [5.41, 5.74) is 2.48. The summed E-state index contributed by atoms with van der Waals surface area (Å²) >= 11 is 0. The summed E-state index contributed by atoms with van der Waals surface area (Å²) in [4.78, 5) is 19.6. The van der Waals surface area contributed by atoms with Crippen molar-refractivity contribution < 1.29 is 19.8 Å². The zero-order chi connectivity index (χ0) is 16.9. The van der Waals surface area contributed by atoms with Crippen molar-refractivity contribution in [2.45, 2.75) is 19.3 Å². The van der Waals surface area contributed by atoms with E-state index < -0.39 is 11.9 Å². The van der Waals surface area contributed by atoms with E-state index in [2.05, 4.69) is 48.5 Å². The van der Waals surface area contributed by atoms with Crippen molar-refractivity contribution in [2.75, 3.05) is 0 Å². The topological polar surface area (TPSA) is 74.6 Å². The smallest absolute Gasteiger partial charge is 0.303 e. The third kappa shape index (κ3) is 8.88. The van der Waals surface area contributed by atoms with Crippen LogP contribution in [-0.2, 0) is 9.59 Å². The largest absolute Gasteiger partial charge is 0.481 e. The molecule has 0 aromatic heterocycles. The lowest BCUT2D eigenvalue weighted by Gasteiger charge is -1.97. The molecule has 2 rings (SSSR count). The van der Waals surface area contributed by atoms with Crippen molar-refractivity contribution in [3.8, 4) is 11.1 Å². The predicted octanol–water partition coefficient (Wildman–Crippen LogP) is 4.24. The van der Waals surface area contributed by atoms with E-state index in [1.165, 1.54) is 11.1 Å². The molecule has 0 saturated heterocycles. The molecule has 0 aromatic rings. The minimum absolute atomic E-state index is 0.0632. The Morgan fingerprint density at radius 1 is 0.609 bits per heavy atom. The van der Waals surface area contributed by atoms with Crippen molar-refractivity contribution in [2.24, 2.45) is 0 Å². The molecule has 4 heteroatoms. The molecule has 0 aromatic carbocycles. The minimum atomic E-state index is -0.948. The van der Waals surface area contributed by atoms with Crippen LogP contribution in [0.2, 0.25) is 0 Å². The average Bonchev–Trinajstić information content (AvgIpc) is 2.44. The van der Waals surface area contributed by atoms with E-state index in [0.717, 1.165) is 0 Å². The lowest BCUT2D eigenvalue weighted by atomic mass is 10.1. The average molecular weight is 312 g/mol. The van der Waals surface area contributed by atoms with Gasteiger partial charge in [0.05, 0.1) is 0 Å². The molecule has 0 atom stereocenters. The summed E-state index contributed by atoms with van der Waals surface area (Å²) in [5.74, 6) is -1.90. The fourth-order valence-corrected chi connectivity index (χ4v) is 1.78. The van der Waals surface area contributed by atoms with E-state index in [1.54, 1.807) is 0 Å². The fraction of sp³-hybridized carbons (Fsp3) is 0.158. The Morgan fingerprint density at radius 3 is 1.17 bits per heavy atom. The minimum Gasteiger partial charge on any atom is -0.481 e. The van der Waals surface area contributed by atoms with E-state index in [0.29, 0.717) is 0 Å². The van der Waals surface area contributed by atoms with Gasteiger partial charge in [0, 0.05) is 12.8 Å². The second kappa shape index (κ2) is 10.8. The molecule has 4 nitrogen and oxygen atoms in total. The quantitative estimate of drug-likeness (QED) is 0.885. The van der Waals surface area contributed by atoms with Crippen LogP contribution in [0, 0.1) is 0 Å². The van der Waals surface area contributed by atoms with Crippen LogP contribution < -0.4 is 0 Å². The number of hydrogen-bond acceptors (Lipinski definition) is 2. The number of carbonyl (C=O) groups is 2. The van der Waals surface area contributed by atoms with Gasteiger partial charge in [0.25, 0.3) is 0 Å². The fourth-order valence-electron chi connectivity index (χ4n) is 1.78. The predicted molar refractivity (Wildman–Crippen MR) is 89.8 cm³/mol. The second-order valence-corrected chi connectivity index (χ2v) is 4.76. The van der Waals surface area contributed by atoms with Crippen molar-refractivity contribution in [3.05, 3.63) is 72.8 Å². The van der Waals surface area contributed by atoms with E-state index in [-0.39, 0.29) is 19.3 Å². The zero-order valence-electron chi connectivity index (χ0n) is 12.8. The molecular formula is C19H20O4. The van der Waals surface area contributed by atoms with E-state index >= 15 is 0 Å². The Hall–Kier alpha value is -2.88. The first kappa shape index (κ1) is 18.2. The number of rotatable bonds is 4. The normalized spacial score (nSPS) is 9.22. The molecule has 0 bridgehead atoms. The van der Waals surface area contributed by atoms with Gasteiger partial charge in [-0.3, -0.25) is 9.59 Å². The van der Waals surface area contributed by atoms with Gasteiger partial charge in [-0.1, -0.05) is 72.8 Å². The van der Waals surface area contributed by atoms with Crippen molar-refractivity contribution >= 4 is 11.9 Å². The Balaban J connectivity index is 0.000000257. The molecular weight excluding hydrogens is 292 g/mol. The highest BCUT2D eigenvalue weighted by atomic mass is 16.4. The molecule has 0 heterocycles. The van der Waals surface area contributed by atoms with Gasteiger partial charge in [-0.05, 0) is 17.5 Å². The van der Waals surface area contributed by atoms with E-state index in [9.17, 15) is 9.59 Å². The number of hydrogen-bond donors (Lipinski definition) is 2. The van der Waals surface area contributed by atoms with Gasteiger partial charge in [0.15, 0.2) is 0 Å². The third-order valence-corrected chi connectivity index (χ3v) is 2.88. The Bertz CT molecular complexity index is 556. The molecule has 0 spiro atoms. The van der Waals surface area contributed by atoms with Crippen molar-refractivity contribution in [1.82, 2.24) is 0 Å². The van der Waals surface area contributed by atoms with Crippen LogP contribution in [0.1, 0.15) is 19.3 Å². The lowest BCUT2D eigenvalue weighted by molar-refractivity contribution is -0.138. The van der Waals surface area contributed by atoms with E-state index in [1.807, 2.05) is 24.3 Å². The number of carboxylic acid groups (broad SMARTS) is 2. The maximum Gasteiger partial charge on any atom is 0.303 e. The van der Waals surface area contributed by atoms with Crippen LogP contribution in [0.4, 0.5) is 0 Å². The standard InChI is InChI=1S/C14H12.C5H8O4/c1-2-6-10-14-12-8-4-3-7-11-13(14)9-5-1;6-4(7)2-1-3-5(8)9/h1-12H;1-3H2,(H,6,7)(H,8,9). The second-order valence-electron chi connectivity index (χ2n) is 4.76. The third-order valence-electron chi connectivity index (χ3n) is 2.88. The number of carboxylic acids is 2. The van der Waals surface area contributed by atoms with Crippen LogP contribution in [0.25, 0.3) is 11.1 Å². The summed E-state index contributed by atoms with van der Waals surface area (Å²) in [6.45, 7) is 0. The summed E-state index contributed by atoms with van der Waals surface area (Å²) in [5, 5.41) is 16.1. The molecule has 0 radical (unpaired) electrons. The molecule has 2 aliphatic carbocycles. The van der Waals surface area contributed by atoms with Gasteiger partial charge >= 0.3 is 11.9 Å². The van der Waals surface area contributed by atoms with Gasteiger partial charge in [-0.15, -0.1) is 0 Å². The molecule has 0 aliphatic heterocycles. The Kier molecular flexibility index (Phi) is 8.52. The Labute approximate surface area is 135 Å². The van der Waals surface area contributed by atoms with Crippen LogP contribution in [0.5, 0.6) is 0 Å². The van der Waals surface area contributed by atoms with Gasteiger partial charge in [0.1, 0.15) is 0 Å². The molecule has 2 aliphatic rings. The summed E-state index contributed by atoms with van der Waals surface area (Å²) in [6, 6.07) is 24.8. The highest BCUT2D eigenvalue weighted by Crippen LogP contribution is 2.16. The van der Waals surface area contributed by atoms with Crippen LogP contribution in [0.15, 0.2) is 72.8 Å². The number of fused-ring (bicyclic) bond motifs is 1. The summed E-state index contributed by atoms with van der Waals surface area (Å²) in [6.07, 6.45) is 0.0866. The van der Waals surface area contributed by atoms with Crippen molar-refractivity contribution in [3.63, 3.8) is 0 Å². The first-order valence-electron chi connectivity index (χ1n) is 7.30. The first-order valence-corrected chi connectivity index (χ1v) is 7.30. The lowest BCUT2D eigenvalue weighted by Crippen LogP contribution is -1.98. The van der Waals surface area contributed by atoms with Crippen molar-refractivity contribution in [1.29, 1.82) is 0 Å². The molecule has 0 amide bonds. The zero-order valence-corrected chi connectivity index (χ0v) is 12.8. The molecule has 120 valence electrons. The van der Waals surface area contributed by atoms with Crippen LogP contribution >= 0.6 is 0 Å². The van der Waals surface area contributed by atoms with Crippen LogP contribution in [0.3, 0.4) is 0 Å². The highest BCUT2D eigenvalue weighted by Gasteiger charge is 1.99. The van der Waals surface area contributed by atoms with E-state index in [4.69, 9.17) is 10.2 Å². The van der Waals surface area contributed by atoms with Crippen LogP contribution in [-0.4, -0.2) is 22.2 Å². The highest BCUT2D eigenvalue weighted by molar-refractivity contribution is 5.69. The number of aliphatic carboxylic acids is 2. The summed E-state index contributed by atoms with van der Waals surface area (Å²) in [7, 11) is 0. The first-order chi connectivity index (χ1) is 11.1. The summed E-state index contributed by atoms with van der Waals surface area (Å²) < 4.78 is 0. The van der Waals surface area contributed by atoms with Gasteiger partial charge in [-0.25, -0.2) is 0 Å². The molecule has 0 unspecified atom stereocenters. The maximum atomic E-state index is 9.79. The molecule has 0 saturated carbocycles. The SMILES string of the molecule is O=C(O)CCCC(=O)O.c1cccc2ccccccc-2cc1. The molecule has 2 N–H and O–H groups in total. The van der Waals surface area contributed by atoms with Gasteiger partial charge in [0.2, 0.25) is 0 Å². The monoisotopic (exact) mass is 312 g/mol. The molecule has 0 fully saturated rings. The molecule has 23 heavy (non-hydrogen) atoms. The Morgan fingerprint density at radius 2 is 0.913 bits per heavy atom.